The zero-order valence-corrected chi connectivity index (χ0v) is 15.8. The molecule has 22 heavy (non-hydrogen) atoms. The molecule has 4 heteroatoms. The lowest BCUT2D eigenvalue weighted by Crippen LogP contribution is -2.10. The highest BCUT2D eigenvalue weighted by atomic mass is 31.2. The predicted octanol–water partition coefficient (Wildman–Crippen LogP) is 6.47. The fraction of sp³-hybridized carbons (Fsp3) is 1.00. The second kappa shape index (κ2) is 17.7. The average molecular weight is 334 g/mol. The molecule has 1 atom stereocenters. The fourth-order valence-corrected chi connectivity index (χ4v) is 3.34. The molecule has 134 valence electrons. The zero-order chi connectivity index (χ0) is 16.5. The third-order valence-electron chi connectivity index (χ3n) is 4.25. The van der Waals surface area contributed by atoms with E-state index in [9.17, 15) is 0 Å². The first-order valence-electron chi connectivity index (χ1n) is 9.55. The molecule has 1 unspecified atom stereocenters. The van der Waals surface area contributed by atoms with E-state index in [1.54, 1.807) is 0 Å². The Labute approximate surface area is 139 Å². The van der Waals surface area contributed by atoms with Gasteiger partial charge in [0.25, 0.3) is 0 Å². The molecule has 0 rings (SSSR count). The Bertz CT molecular complexity index is 213. The summed E-state index contributed by atoms with van der Waals surface area (Å²) in [5.74, 6) is 0. The van der Waals surface area contributed by atoms with Gasteiger partial charge >= 0.3 is 8.60 Å². The molecular formula is C18H39O3P. The van der Waals surface area contributed by atoms with E-state index in [-0.39, 0.29) is 6.10 Å². The molecule has 0 aliphatic carbocycles. The normalized spacial score (nSPS) is 13.0. The number of unbranched alkanes of at least 4 members (excludes halogenated alkanes) is 11. The first-order valence-corrected chi connectivity index (χ1v) is 10.7. The smallest absolute Gasteiger partial charge is 0.327 e. The summed E-state index contributed by atoms with van der Waals surface area (Å²) < 4.78 is 5.30. The van der Waals surface area contributed by atoms with Gasteiger partial charge in [0.2, 0.25) is 0 Å². The van der Waals surface area contributed by atoms with Gasteiger partial charge in [0.1, 0.15) is 0 Å². The van der Waals surface area contributed by atoms with E-state index in [4.69, 9.17) is 14.3 Å². The highest BCUT2D eigenvalue weighted by Crippen LogP contribution is 2.31. The Morgan fingerprint density at radius 2 is 1.00 bits per heavy atom. The van der Waals surface area contributed by atoms with Gasteiger partial charge in [-0.3, -0.25) is 0 Å². The van der Waals surface area contributed by atoms with Crippen LogP contribution in [-0.2, 0) is 4.52 Å². The Kier molecular flexibility index (Phi) is 17.9. The van der Waals surface area contributed by atoms with Crippen molar-refractivity contribution in [2.45, 2.75) is 116 Å². The topological polar surface area (TPSA) is 49.7 Å². The molecule has 0 amide bonds. The van der Waals surface area contributed by atoms with E-state index in [2.05, 4.69) is 13.8 Å². The number of hydrogen-bond acceptors (Lipinski definition) is 3. The SMILES string of the molecule is CCCCCCCCCC(CCCCCCCC)OP(O)O. The fourth-order valence-electron chi connectivity index (χ4n) is 2.86. The molecule has 0 aliphatic rings. The molecule has 2 N–H and O–H groups in total. The van der Waals surface area contributed by atoms with Crippen LogP contribution in [0.5, 0.6) is 0 Å². The summed E-state index contributed by atoms with van der Waals surface area (Å²) in [6.45, 7) is 4.48. The Morgan fingerprint density at radius 1 is 0.636 bits per heavy atom. The summed E-state index contributed by atoms with van der Waals surface area (Å²) in [4.78, 5) is 18.2. The van der Waals surface area contributed by atoms with Crippen molar-refractivity contribution in [3.63, 3.8) is 0 Å². The van der Waals surface area contributed by atoms with Crippen LogP contribution in [0.25, 0.3) is 0 Å². The maximum atomic E-state index is 9.09. The molecule has 0 spiro atoms. The van der Waals surface area contributed by atoms with Gasteiger partial charge in [-0.2, -0.15) is 0 Å². The molecule has 0 bridgehead atoms. The van der Waals surface area contributed by atoms with Crippen LogP contribution >= 0.6 is 8.60 Å². The summed E-state index contributed by atoms with van der Waals surface area (Å²) >= 11 is 0. The van der Waals surface area contributed by atoms with Crippen molar-refractivity contribution in [2.24, 2.45) is 0 Å². The predicted molar refractivity (Wildman–Crippen MR) is 96.8 cm³/mol. The molecule has 0 saturated carbocycles. The van der Waals surface area contributed by atoms with Crippen molar-refractivity contribution in [1.82, 2.24) is 0 Å². The van der Waals surface area contributed by atoms with E-state index in [1.807, 2.05) is 0 Å². The second-order valence-corrected chi connectivity index (χ2v) is 7.16. The first kappa shape index (κ1) is 22.3. The summed E-state index contributed by atoms with van der Waals surface area (Å²) in [6, 6.07) is 0. The molecule has 0 aromatic rings. The van der Waals surface area contributed by atoms with Crippen LogP contribution in [0.2, 0.25) is 0 Å². The summed E-state index contributed by atoms with van der Waals surface area (Å²) in [6.07, 6.45) is 18.6. The second-order valence-electron chi connectivity index (χ2n) is 6.45. The third-order valence-corrected chi connectivity index (χ3v) is 4.74. The monoisotopic (exact) mass is 334 g/mol. The summed E-state index contributed by atoms with van der Waals surface area (Å²) in [5, 5.41) is 0. The molecule has 0 aliphatic heterocycles. The van der Waals surface area contributed by atoms with Crippen molar-refractivity contribution >= 4 is 8.60 Å². The molecule has 0 saturated heterocycles. The van der Waals surface area contributed by atoms with Crippen molar-refractivity contribution in [2.75, 3.05) is 0 Å². The highest BCUT2D eigenvalue weighted by molar-refractivity contribution is 7.39. The van der Waals surface area contributed by atoms with Crippen molar-refractivity contribution in [1.29, 1.82) is 0 Å². The van der Waals surface area contributed by atoms with Gasteiger partial charge in [-0.05, 0) is 12.8 Å². The van der Waals surface area contributed by atoms with E-state index in [1.165, 1.54) is 70.6 Å². The van der Waals surface area contributed by atoms with Gasteiger partial charge in [-0.15, -0.1) is 0 Å². The maximum Gasteiger partial charge on any atom is 0.327 e. The van der Waals surface area contributed by atoms with Crippen LogP contribution in [0.3, 0.4) is 0 Å². The lowest BCUT2D eigenvalue weighted by molar-refractivity contribution is 0.147. The molecule has 0 aromatic carbocycles. The minimum absolute atomic E-state index is 0.0444. The average Bonchev–Trinajstić information content (AvgIpc) is 2.49. The molecular weight excluding hydrogens is 295 g/mol. The van der Waals surface area contributed by atoms with Gasteiger partial charge in [-0.25, -0.2) is 0 Å². The van der Waals surface area contributed by atoms with Gasteiger partial charge in [0, 0.05) is 0 Å². The molecule has 3 nitrogen and oxygen atoms in total. The van der Waals surface area contributed by atoms with Crippen LogP contribution in [0, 0.1) is 0 Å². The van der Waals surface area contributed by atoms with Crippen molar-refractivity contribution in [3.05, 3.63) is 0 Å². The van der Waals surface area contributed by atoms with Crippen LogP contribution < -0.4 is 0 Å². The van der Waals surface area contributed by atoms with Gasteiger partial charge < -0.3 is 14.3 Å². The quantitative estimate of drug-likeness (QED) is 0.236. The minimum Gasteiger partial charge on any atom is -0.328 e. The summed E-state index contributed by atoms with van der Waals surface area (Å²) in [7, 11) is -2.20. The zero-order valence-electron chi connectivity index (χ0n) is 14.9. The van der Waals surface area contributed by atoms with E-state index in [0.29, 0.717) is 0 Å². The van der Waals surface area contributed by atoms with Crippen molar-refractivity contribution in [3.8, 4) is 0 Å². The largest absolute Gasteiger partial charge is 0.328 e. The van der Waals surface area contributed by atoms with Crippen LogP contribution in [0.15, 0.2) is 0 Å². The summed E-state index contributed by atoms with van der Waals surface area (Å²) in [5.41, 5.74) is 0. The minimum atomic E-state index is -2.20. The highest BCUT2D eigenvalue weighted by Gasteiger charge is 2.13. The maximum absolute atomic E-state index is 9.09. The number of hydrogen-bond donors (Lipinski definition) is 2. The van der Waals surface area contributed by atoms with Crippen LogP contribution in [0.1, 0.15) is 110 Å². The third kappa shape index (κ3) is 16.7. The Morgan fingerprint density at radius 3 is 1.36 bits per heavy atom. The lowest BCUT2D eigenvalue weighted by Gasteiger charge is -2.17. The first-order chi connectivity index (χ1) is 10.7. The van der Waals surface area contributed by atoms with Crippen LogP contribution in [0.4, 0.5) is 0 Å². The number of rotatable bonds is 17. The lowest BCUT2D eigenvalue weighted by atomic mass is 10.0. The molecule has 0 fully saturated rings. The van der Waals surface area contributed by atoms with Gasteiger partial charge in [-0.1, -0.05) is 97.3 Å². The van der Waals surface area contributed by atoms with E-state index < -0.39 is 8.60 Å². The van der Waals surface area contributed by atoms with E-state index >= 15 is 0 Å². The van der Waals surface area contributed by atoms with Gasteiger partial charge in [0.05, 0.1) is 6.10 Å². The van der Waals surface area contributed by atoms with Gasteiger partial charge in [0.15, 0.2) is 0 Å². The Hall–Kier alpha value is 0.310. The Balaban J connectivity index is 3.61. The molecule has 0 heterocycles. The van der Waals surface area contributed by atoms with E-state index in [0.717, 1.165) is 25.7 Å². The molecule has 0 radical (unpaired) electrons. The van der Waals surface area contributed by atoms with Crippen molar-refractivity contribution < 1.29 is 14.3 Å². The standard InChI is InChI=1S/C18H39O3P/c1-3-5-7-9-11-13-15-17-18(21-22(19)20)16-14-12-10-8-6-4-2/h18-20H,3-17H2,1-2H3. The van der Waals surface area contributed by atoms with Crippen LogP contribution in [-0.4, -0.2) is 15.9 Å². The molecule has 0 aromatic heterocycles.